The van der Waals surface area contributed by atoms with Gasteiger partial charge in [-0.25, -0.2) is 4.79 Å². The number of ether oxygens (including phenoxy) is 1. The highest BCUT2D eigenvalue weighted by Crippen LogP contribution is 2.32. The van der Waals surface area contributed by atoms with Gasteiger partial charge in [-0.1, -0.05) is 11.6 Å². The molecule has 0 aliphatic carbocycles. The van der Waals surface area contributed by atoms with Gasteiger partial charge in [-0.05, 0) is 42.5 Å². The monoisotopic (exact) mass is 330 g/mol. The van der Waals surface area contributed by atoms with Gasteiger partial charge in [-0.2, -0.15) is 0 Å². The van der Waals surface area contributed by atoms with E-state index in [-0.39, 0.29) is 17.5 Å². The number of aromatic nitrogens is 2. The molecule has 0 fully saturated rings. The second-order valence-corrected chi connectivity index (χ2v) is 5.08. The maximum Gasteiger partial charge on any atom is 0.337 e. The molecule has 1 N–H and O–H groups in total. The van der Waals surface area contributed by atoms with Gasteiger partial charge in [0.1, 0.15) is 5.75 Å². The Bertz CT molecular complexity index is 859. The summed E-state index contributed by atoms with van der Waals surface area (Å²) in [7, 11) is 1.32. The maximum atomic E-state index is 11.4. The summed E-state index contributed by atoms with van der Waals surface area (Å²) in [6.07, 6.45) is 0. The van der Waals surface area contributed by atoms with Crippen LogP contribution >= 0.6 is 11.6 Å². The Hall–Kier alpha value is -2.86. The number of carbonyl (C=O) groups excluding carboxylic acids is 1. The number of nitrogens with zero attached hydrogens (tertiary/aromatic N) is 2. The molecule has 0 saturated heterocycles. The lowest BCUT2D eigenvalue weighted by Crippen LogP contribution is -2.00. The summed E-state index contributed by atoms with van der Waals surface area (Å²) in [5.41, 5.74) is 1.41. The molecular formula is C16H11ClN2O4. The van der Waals surface area contributed by atoms with Gasteiger partial charge in [-0.3, -0.25) is 0 Å². The normalized spacial score (nSPS) is 10.5. The average Bonchev–Trinajstić information content (AvgIpc) is 3.06. The molecule has 3 aromatic rings. The summed E-state index contributed by atoms with van der Waals surface area (Å²) in [5, 5.41) is 18.2. The molecule has 6 nitrogen and oxygen atoms in total. The van der Waals surface area contributed by atoms with E-state index in [1.165, 1.54) is 19.2 Å². The van der Waals surface area contributed by atoms with E-state index in [0.717, 1.165) is 0 Å². The van der Waals surface area contributed by atoms with Crippen molar-refractivity contribution in [2.24, 2.45) is 0 Å². The van der Waals surface area contributed by atoms with Crippen LogP contribution in [0.1, 0.15) is 10.4 Å². The van der Waals surface area contributed by atoms with E-state index in [4.69, 9.17) is 16.0 Å². The second kappa shape index (κ2) is 6.10. The van der Waals surface area contributed by atoms with Crippen molar-refractivity contribution in [3.63, 3.8) is 0 Å². The van der Waals surface area contributed by atoms with Crippen molar-refractivity contribution in [2.45, 2.75) is 0 Å². The second-order valence-electron chi connectivity index (χ2n) is 4.64. The van der Waals surface area contributed by atoms with Crippen molar-refractivity contribution in [1.82, 2.24) is 10.2 Å². The van der Waals surface area contributed by atoms with Gasteiger partial charge < -0.3 is 14.3 Å². The van der Waals surface area contributed by atoms with Gasteiger partial charge in [0, 0.05) is 10.6 Å². The van der Waals surface area contributed by atoms with Gasteiger partial charge >= 0.3 is 5.97 Å². The van der Waals surface area contributed by atoms with Gasteiger partial charge in [0.15, 0.2) is 0 Å². The number of benzene rings is 2. The van der Waals surface area contributed by atoms with E-state index in [2.05, 4.69) is 14.9 Å². The molecule has 0 aliphatic heterocycles. The van der Waals surface area contributed by atoms with Gasteiger partial charge in [0.2, 0.25) is 5.89 Å². The molecule has 3 rings (SSSR count). The minimum absolute atomic E-state index is 0.00867. The Morgan fingerprint density at radius 1 is 1.13 bits per heavy atom. The fourth-order valence-electron chi connectivity index (χ4n) is 2.00. The van der Waals surface area contributed by atoms with Crippen molar-refractivity contribution in [3.05, 3.63) is 53.1 Å². The van der Waals surface area contributed by atoms with Crippen LogP contribution in [0.4, 0.5) is 0 Å². The molecule has 2 aromatic carbocycles. The standard InChI is InChI=1S/C16H11ClN2O4/c1-22-16(21)10-4-2-9(3-5-10)14-18-19-15(23-14)12-8-11(17)6-7-13(12)20/h2-8,20H,1H3. The highest BCUT2D eigenvalue weighted by Gasteiger charge is 2.15. The minimum atomic E-state index is -0.424. The van der Waals surface area contributed by atoms with Crippen LogP contribution in [0.25, 0.3) is 22.9 Å². The Morgan fingerprint density at radius 2 is 1.83 bits per heavy atom. The third-order valence-corrected chi connectivity index (χ3v) is 3.40. The van der Waals surface area contributed by atoms with E-state index in [1.54, 1.807) is 30.3 Å². The van der Waals surface area contributed by atoms with Crippen LogP contribution in [0.3, 0.4) is 0 Å². The number of phenolic OH excluding ortho intramolecular Hbond substituents is 1. The summed E-state index contributed by atoms with van der Waals surface area (Å²) >= 11 is 5.91. The van der Waals surface area contributed by atoms with Crippen LogP contribution in [0.15, 0.2) is 46.9 Å². The molecule has 0 atom stereocenters. The topological polar surface area (TPSA) is 85.5 Å². The lowest BCUT2D eigenvalue weighted by molar-refractivity contribution is 0.0600. The highest BCUT2D eigenvalue weighted by molar-refractivity contribution is 6.30. The highest BCUT2D eigenvalue weighted by atomic mass is 35.5. The largest absolute Gasteiger partial charge is 0.507 e. The van der Waals surface area contributed by atoms with Crippen LogP contribution in [0, 0.1) is 0 Å². The first-order valence-electron chi connectivity index (χ1n) is 6.59. The summed E-state index contributed by atoms with van der Waals surface area (Å²) in [4.78, 5) is 11.4. The third kappa shape index (κ3) is 3.02. The molecule has 0 aliphatic rings. The number of hydrogen-bond acceptors (Lipinski definition) is 6. The minimum Gasteiger partial charge on any atom is -0.507 e. The molecule has 23 heavy (non-hydrogen) atoms. The lowest BCUT2D eigenvalue weighted by Gasteiger charge is -2.00. The molecule has 1 aromatic heterocycles. The van der Waals surface area contributed by atoms with Gasteiger partial charge in [0.25, 0.3) is 5.89 Å². The summed E-state index contributed by atoms with van der Waals surface area (Å²) in [6, 6.07) is 11.1. The van der Waals surface area contributed by atoms with E-state index in [1.807, 2.05) is 0 Å². The first-order valence-corrected chi connectivity index (χ1v) is 6.97. The summed E-state index contributed by atoms with van der Waals surface area (Å²) < 4.78 is 10.2. The van der Waals surface area contributed by atoms with Crippen molar-refractivity contribution >= 4 is 17.6 Å². The lowest BCUT2D eigenvalue weighted by atomic mass is 10.1. The molecule has 0 unspecified atom stereocenters. The first kappa shape index (κ1) is 15.1. The van der Waals surface area contributed by atoms with Crippen molar-refractivity contribution < 1.29 is 19.1 Å². The Labute approximate surface area is 136 Å². The fraction of sp³-hybridized carbons (Fsp3) is 0.0625. The van der Waals surface area contributed by atoms with Crippen LogP contribution < -0.4 is 0 Å². The number of rotatable bonds is 3. The molecule has 116 valence electrons. The number of esters is 1. The van der Waals surface area contributed by atoms with E-state index in [9.17, 15) is 9.90 Å². The zero-order valence-corrected chi connectivity index (χ0v) is 12.7. The van der Waals surface area contributed by atoms with Crippen LogP contribution in [0.2, 0.25) is 5.02 Å². The first-order chi connectivity index (χ1) is 11.1. The van der Waals surface area contributed by atoms with Crippen molar-refractivity contribution in [2.75, 3.05) is 7.11 Å². The van der Waals surface area contributed by atoms with Crippen LogP contribution in [0.5, 0.6) is 5.75 Å². The fourth-order valence-corrected chi connectivity index (χ4v) is 2.17. The van der Waals surface area contributed by atoms with Crippen molar-refractivity contribution in [1.29, 1.82) is 0 Å². The predicted octanol–water partition coefficient (Wildman–Crippen LogP) is 3.55. The molecule has 0 saturated carbocycles. The Morgan fingerprint density at radius 3 is 2.52 bits per heavy atom. The van der Waals surface area contributed by atoms with Crippen molar-refractivity contribution in [3.8, 4) is 28.7 Å². The Kier molecular flexibility index (Phi) is 3.99. The predicted molar refractivity (Wildman–Crippen MR) is 83.2 cm³/mol. The van der Waals surface area contributed by atoms with Gasteiger partial charge in [0.05, 0.1) is 18.2 Å². The third-order valence-electron chi connectivity index (χ3n) is 3.17. The number of methoxy groups -OCH3 is 1. The summed E-state index contributed by atoms with van der Waals surface area (Å²) in [5.74, 6) is -0.0231. The molecule has 0 spiro atoms. The zero-order chi connectivity index (χ0) is 16.4. The molecule has 1 heterocycles. The van der Waals surface area contributed by atoms with Crippen LogP contribution in [-0.2, 0) is 4.74 Å². The molecular weight excluding hydrogens is 320 g/mol. The summed E-state index contributed by atoms with van der Waals surface area (Å²) in [6.45, 7) is 0. The van der Waals surface area contributed by atoms with Gasteiger partial charge in [-0.15, -0.1) is 10.2 Å². The quantitative estimate of drug-likeness (QED) is 0.739. The number of phenols is 1. The molecule has 0 amide bonds. The van der Waals surface area contributed by atoms with Crippen LogP contribution in [-0.4, -0.2) is 28.4 Å². The maximum absolute atomic E-state index is 11.4. The molecule has 7 heteroatoms. The number of hydrogen-bond donors (Lipinski definition) is 1. The van der Waals surface area contributed by atoms with E-state index >= 15 is 0 Å². The molecule has 0 bridgehead atoms. The average molecular weight is 331 g/mol. The SMILES string of the molecule is COC(=O)c1ccc(-c2nnc(-c3cc(Cl)ccc3O)o2)cc1. The Balaban J connectivity index is 1.93. The number of aromatic hydroxyl groups is 1. The number of carbonyl (C=O) groups is 1. The number of halogens is 1. The van der Waals surface area contributed by atoms with E-state index in [0.29, 0.717) is 21.7 Å². The smallest absolute Gasteiger partial charge is 0.337 e. The zero-order valence-electron chi connectivity index (χ0n) is 12.0. The van der Waals surface area contributed by atoms with E-state index < -0.39 is 5.97 Å². The molecule has 0 radical (unpaired) electrons.